The number of piperidine rings is 1. The highest BCUT2D eigenvalue weighted by atomic mass is 32.1. The van der Waals surface area contributed by atoms with Crippen LogP contribution in [-0.2, 0) is 13.0 Å². The molecule has 174 valence electrons. The fourth-order valence-corrected chi connectivity index (χ4v) is 5.49. The summed E-state index contributed by atoms with van der Waals surface area (Å²) in [7, 11) is 1.94. The minimum absolute atomic E-state index is 0.00543. The van der Waals surface area contributed by atoms with Crippen molar-refractivity contribution in [3.63, 3.8) is 0 Å². The van der Waals surface area contributed by atoms with Crippen molar-refractivity contribution in [1.82, 2.24) is 23.5 Å². The summed E-state index contributed by atoms with van der Waals surface area (Å²) in [5.41, 5.74) is 5.00. The van der Waals surface area contributed by atoms with Gasteiger partial charge in [0.05, 0.1) is 11.7 Å². The van der Waals surface area contributed by atoms with E-state index in [0.29, 0.717) is 11.6 Å². The van der Waals surface area contributed by atoms with E-state index in [1.807, 2.05) is 30.1 Å². The van der Waals surface area contributed by atoms with E-state index in [9.17, 15) is 4.79 Å². The van der Waals surface area contributed by atoms with Crippen LogP contribution in [0.4, 0.5) is 0 Å². The van der Waals surface area contributed by atoms with Gasteiger partial charge in [0.15, 0.2) is 0 Å². The first-order valence-corrected chi connectivity index (χ1v) is 12.6. The Morgan fingerprint density at radius 3 is 2.53 bits per heavy atom. The molecule has 2 aromatic carbocycles. The van der Waals surface area contributed by atoms with E-state index in [1.165, 1.54) is 22.9 Å². The molecule has 7 heteroatoms. The summed E-state index contributed by atoms with van der Waals surface area (Å²) in [4.78, 5) is 22.0. The Hall–Kier alpha value is -3.16. The number of carbonyl (C=O) groups is 1. The number of hydrogen-bond donors (Lipinski definition) is 0. The van der Waals surface area contributed by atoms with Gasteiger partial charge in [-0.25, -0.2) is 0 Å². The summed E-state index contributed by atoms with van der Waals surface area (Å²) in [6.45, 7) is 2.97. The number of hydrogen-bond acceptors (Lipinski definition) is 6. The van der Waals surface area contributed by atoms with Crippen LogP contribution in [0.2, 0.25) is 0 Å². The molecule has 0 bridgehead atoms. The van der Waals surface area contributed by atoms with Crippen LogP contribution in [-0.4, -0.2) is 55.6 Å². The number of benzene rings is 2. The smallest absolute Gasteiger partial charge is 0.272 e. The Morgan fingerprint density at radius 1 is 1.00 bits per heavy atom. The Balaban J connectivity index is 1.28. The Labute approximate surface area is 204 Å². The van der Waals surface area contributed by atoms with Gasteiger partial charge >= 0.3 is 0 Å². The summed E-state index contributed by atoms with van der Waals surface area (Å²) >= 11 is 1.26. The van der Waals surface area contributed by atoms with Gasteiger partial charge < -0.3 is 4.90 Å². The number of rotatable bonds is 7. The molecule has 34 heavy (non-hydrogen) atoms. The maximum Gasteiger partial charge on any atom is 0.272 e. The van der Waals surface area contributed by atoms with Crippen LogP contribution < -0.4 is 0 Å². The third-order valence-electron chi connectivity index (χ3n) is 6.89. The lowest BCUT2D eigenvalue weighted by Gasteiger charge is -2.40. The fourth-order valence-electron chi connectivity index (χ4n) is 4.98. The van der Waals surface area contributed by atoms with Gasteiger partial charge in [-0.15, -0.1) is 0 Å². The second-order valence-corrected chi connectivity index (χ2v) is 9.62. The molecule has 0 unspecified atom stereocenters. The van der Waals surface area contributed by atoms with E-state index >= 15 is 0 Å². The number of amides is 1. The standard InChI is InChI=1S/C27H29N5OS/c1-31(27(33)24-9-5-6-14-28-24)26(18-20-7-3-2-4-8-20)22-12-15-32(16-13-22)19-21-10-11-23-25(17-21)30-34-29-23/h2-11,14,17,22,26H,12-13,15-16,18-19H2,1H3/t26-/m1/s1. The number of likely N-dealkylation sites (N-methyl/N-ethyl adjacent to an activating group) is 1. The van der Waals surface area contributed by atoms with Crippen molar-refractivity contribution in [2.45, 2.75) is 31.8 Å². The third-order valence-corrected chi connectivity index (χ3v) is 7.45. The van der Waals surface area contributed by atoms with Crippen molar-refractivity contribution in [2.75, 3.05) is 20.1 Å². The summed E-state index contributed by atoms with van der Waals surface area (Å²) < 4.78 is 8.68. The minimum atomic E-state index is -0.00543. The fraction of sp³-hybridized carbons (Fsp3) is 0.333. The van der Waals surface area contributed by atoms with Crippen LogP contribution >= 0.6 is 11.7 Å². The minimum Gasteiger partial charge on any atom is -0.337 e. The van der Waals surface area contributed by atoms with Gasteiger partial charge in [0, 0.05) is 25.8 Å². The highest BCUT2D eigenvalue weighted by molar-refractivity contribution is 7.00. The van der Waals surface area contributed by atoms with Gasteiger partial charge in [0.2, 0.25) is 0 Å². The highest BCUT2D eigenvalue weighted by Gasteiger charge is 2.32. The quantitative estimate of drug-likeness (QED) is 0.392. The van der Waals surface area contributed by atoms with Gasteiger partial charge in [-0.2, -0.15) is 8.75 Å². The molecule has 5 rings (SSSR count). The van der Waals surface area contributed by atoms with Gasteiger partial charge in [0.1, 0.15) is 16.7 Å². The second-order valence-electron chi connectivity index (χ2n) is 9.09. The predicted octanol–water partition coefficient (Wildman–Crippen LogP) is 4.68. The molecule has 1 aliphatic rings. The summed E-state index contributed by atoms with van der Waals surface area (Å²) in [5, 5.41) is 0. The maximum atomic E-state index is 13.3. The molecule has 1 atom stereocenters. The van der Waals surface area contributed by atoms with Crippen molar-refractivity contribution in [2.24, 2.45) is 5.92 Å². The number of aromatic nitrogens is 3. The lowest BCUT2D eigenvalue weighted by atomic mass is 9.84. The highest BCUT2D eigenvalue weighted by Crippen LogP contribution is 2.28. The zero-order valence-corrected chi connectivity index (χ0v) is 20.2. The second kappa shape index (κ2) is 10.4. The number of fused-ring (bicyclic) bond motifs is 1. The SMILES string of the molecule is CN(C(=O)c1ccccn1)[C@H](Cc1ccccc1)C1CCN(Cc2ccc3nsnc3c2)CC1. The topological polar surface area (TPSA) is 62.2 Å². The molecule has 6 nitrogen and oxygen atoms in total. The van der Waals surface area contributed by atoms with Crippen LogP contribution in [0.25, 0.3) is 11.0 Å². The number of pyridine rings is 1. The van der Waals surface area contributed by atoms with Gasteiger partial charge in [-0.1, -0.05) is 42.5 Å². The van der Waals surface area contributed by atoms with E-state index in [0.717, 1.165) is 49.9 Å². The molecular formula is C27H29N5OS. The van der Waals surface area contributed by atoms with Crippen molar-refractivity contribution in [1.29, 1.82) is 0 Å². The molecular weight excluding hydrogens is 442 g/mol. The van der Waals surface area contributed by atoms with Crippen molar-refractivity contribution in [3.05, 3.63) is 89.7 Å². The average molecular weight is 472 g/mol. The molecule has 0 saturated carbocycles. The predicted molar refractivity (Wildman–Crippen MR) is 136 cm³/mol. The van der Waals surface area contributed by atoms with Crippen molar-refractivity contribution < 1.29 is 4.79 Å². The third kappa shape index (κ3) is 5.16. The molecule has 1 saturated heterocycles. The molecule has 0 N–H and O–H groups in total. The van der Waals surface area contributed by atoms with Crippen LogP contribution in [0.1, 0.15) is 34.5 Å². The number of likely N-dealkylation sites (tertiary alicyclic amines) is 1. The summed E-state index contributed by atoms with van der Waals surface area (Å²) in [6.07, 6.45) is 4.68. The van der Waals surface area contributed by atoms with Gasteiger partial charge in [-0.3, -0.25) is 14.7 Å². The van der Waals surface area contributed by atoms with Crippen molar-refractivity contribution in [3.8, 4) is 0 Å². The normalized spacial score (nSPS) is 15.9. The Kier molecular flexibility index (Phi) is 6.92. The molecule has 0 spiro atoms. The van der Waals surface area contributed by atoms with E-state index in [-0.39, 0.29) is 11.9 Å². The van der Waals surface area contributed by atoms with E-state index in [2.05, 4.69) is 61.1 Å². The Morgan fingerprint density at radius 2 is 1.76 bits per heavy atom. The zero-order chi connectivity index (χ0) is 23.3. The van der Waals surface area contributed by atoms with Crippen LogP contribution in [0.3, 0.4) is 0 Å². The lowest BCUT2D eigenvalue weighted by molar-refractivity contribution is 0.0579. The first kappa shape index (κ1) is 22.6. The van der Waals surface area contributed by atoms with Crippen LogP contribution in [0.5, 0.6) is 0 Å². The molecule has 1 amide bonds. The first-order valence-electron chi connectivity index (χ1n) is 11.8. The van der Waals surface area contributed by atoms with E-state index < -0.39 is 0 Å². The van der Waals surface area contributed by atoms with Gasteiger partial charge in [0.25, 0.3) is 5.91 Å². The summed E-state index contributed by atoms with van der Waals surface area (Å²) in [5.74, 6) is 0.438. The number of nitrogens with zero attached hydrogens (tertiary/aromatic N) is 5. The van der Waals surface area contributed by atoms with Gasteiger partial charge in [-0.05, 0) is 73.7 Å². The maximum absolute atomic E-state index is 13.3. The average Bonchev–Trinajstić information content (AvgIpc) is 3.36. The van der Waals surface area contributed by atoms with Crippen LogP contribution in [0.15, 0.2) is 72.9 Å². The molecule has 2 aromatic heterocycles. The van der Waals surface area contributed by atoms with E-state index in [4.69, 9.17) is 0 Å². The monoisotopic (exact) mass is 471 g/mol. The Bertz CT molecular complexity index is 1220. The largest absolute Gasteiger partial charge is 0.337 e. The van der Waals surface area contributed by atoms with E-state index in [1.54, 1.807) is 12.3 Å². The lowest BCUT2D eigenvalue weighted by Crippen LogP contribution is -2.47. The molecule has 3 heterocycles. The first-order chi connectivity index (χ1) is 16.7. The van der Waals surface area contributed by atoms with Crippen LogP contribution in [0, 0.1) is 5.92 Å². The number of carbonyl (C=O) groups excluding carboxylic acids is 1. The van der Waals surface area contributed by atoms with Crippen molar-refractivity contribution >= 4 is 28.7 Å². The molecule has 4 aromatic rings. The summed E-state index contributed by atoms with van der Waals surface area (Å²) in [6, 6.07) is 22.5. The zero-order valence-electron chi connectivity index (χ0n) is 19.4. The molecule has 1 aliphatic heterocycles. The molecule has 1 fully saturated rings. The molecule has 0 aliphatic carbocycles. The molecule has 0 radical (unpaired) electrons.